The van der Waals surface area contributed by atoms with Crippen LogP contribution in [-0.2, 0) is 17.8 Å². The minimum absolute atomic E-state index is 0.0887. The highest BCUT2D eigenvalue weighted by atomic mass is 32.2. The minimum atomic E-state index is -0.541. The Morgan fingerprint density at radius 1 is 1.40 bits per heavy atom. The maximum absolute atomic E-state index is 12.8. The Morgan fingerprint density at radius 3 is 2.92 bits per heavy atom. The lowest BCUT2D eigenvalue weighted by Gasteiger charge is -2.26. The van der Waals surface area contributed by atoms with Gasteiger partial charge in [0.2, 0.25) is 5.91 Å². The number of fused-ring (bicyclic) bond motifs is 1. The molecule has 3 rings (SSSR count). The van der Waals surface area contributed by atoms with Gasteiger partial charge in [-0.1, -0.05) is 0 Å². The van der Waals surface area contributed by atoms with Crippen LogP contribution in [0.2, 0.25) is 0 Å². The fraction of sp³-hybridized carbons (Fsp3) is 0.267. The lowest BCUT2D eigenvalue weighted by atomic mass is 10.1. The lowest BCUT2D eigenvalue weighted by Crippen LogP contribution is -2.35. The summed E-state index contributed by atoms with van der Waals surface area (Å²) in [7, 11) is 0. The monoisotopic (exact) mass is 397 g/mol. The van der Waals surface area contributed by atoms with E-state index in [4.69, 9.17) is 10.9 Å². The standard InChI is InChI=1S/C15H15N3O4S3/c16-12(19)7-24-9-2-4-23-13(9)15(21)18-3-1-8-5-10(14(20)17-22)25-11(8)6-18/h2,4-5,22H,1,3,6-7H2,(H2,16,19)(H,17,20). The summed E-state index contributed by atoms with van der Waals surface area (Å²) in [4.78, 5) is 39.8. The van der Waals surface area contributed by atoms with Crippen LogP contribution in [0.5, 0.6) is 0 Å². The molecular formula is C15H15N3O4S3. The highest BCUT2D eigenvalue weighted by Gasteiger charge is 2.27. The van der Waals surface area contributed by atoms with E-state index in [9.17, 15) is 14.4 Å². The maximum atomic E-state index is 12.8. The van der Waals surface area contributed by atoms with Crippen LogP contribution in [0.25, 0.3) is 0 Å². The molecule has 0 saturated carbocycles. The number of nitrogens with zero attached hydrogens (tertiary/aromatic N) is 1. The molecule has 0 radical (unpaired) electrons. The van der Waals surface area contributed by atoms with Crippen molar-refractivity contribution in [1.82, 2.24) is 10.4 Å². The number of hydrogen-bond acceptors (Lipinski definition) is 7. The Kier molecular flexibility index (Phi) is 5.42. The topological polar surface area (TPSA) is 113 Å². The molecule has 25 heavy (non-hydrogen) atoms. The van der Waals surface area contributed by atoms with Crippen LogP contribution in [0.1, 0.15) is 29.8 Å². The summed E-state index contributed by atoms with van der Waals surface area (Å²) in [5.41, 5.74) is 7.83. The van der Waals surface area contributed by atoms with Gasteiger partial charge in [0.15, 0.2) is 0 Å². The van der Waals surface area contributed by atoms with Crippen molar-refractivity contribution in [3.63, 3.8) is 0 Å². The van der Waals surface area contributed by atoms with Gasteiger partial charge in [0.05, 0.1) is 17.2 Å². The molecule has 2 aromatic heterocycles. The first-order valence-electron chi connectivity index (χ1n) is 7.33. The van der Waals surface area contributed by atoms with E-state index >= 15 is 0 Å². The first-order chi connectivity index (χ1) is 12.0. The first kappa shape index (κ1) is 17.9. The predicted octanol–water partition coefficient (Wildman–Crippen LogP) is 1.70. The third-order valence-corrected chi connectivity index (χ3v) is 6.96. The number of nitrogens with one attached hydrogen (secondary N) is 1. The van der Waals surface area contributed by atoms with Crippen LogP contribution in [0.4, 0.5) is 0 Å². The quantitative estimate of drug-likeness (QED) is 0.404. The summed E-state index contributed by atoms with van der Waals surface area (Å²) in [5, 5.41) is 10.6. The highest BCUT2D eigenvalue weighted by molar-refractivity contribution is 8.00. The van der Waals surface area contributed by atoms with Crippen molar-refractivity contribution in [3.8, 4) is 0 Å². The predicted molar refractivity (Wildman–Crippen MR) is 96.3 cm³/mol. The summed E-state index contributed by atoms with van der Waals surface area (Å²) < 4.78 is 0. The van der Waals surface area contributed by atoms with Gasteiger partial charge in [-0.3, -0.25) is 19.6 Å². The average molecular weight is 398 g/mol. The van der Waals surface area contributed by atoms with Crippen LogP contribution in [0, 0.1) is 0 Å². The van der Waals surface area contributed by atoms with Gasteiger partial charge in [0, 0.05) is 16.3 Å². The lowest BCUT2D eigenvalue weighted by molar-refractivity contribution is -0.115. The largest absolute Gasteiger partial charge is 0.369 e. The summed E-state index contributed by atoms with van der Waals surface area (Å²) in [6.07, 6.45) is 0.658. The van der Waals surface area contributed by atoms with E-state index in [1.807, 2.05) is 11.4 Å². The Balaban J connectivity index is 1.75. The zero-order chi connectivity index (χ0) is 18.0. The Hall–Kier alpha value is -1.88. The molecule has 4 N–H and O–H groups in total. The summed E-state index contributed by atoms with van der Waals surface area (Å²) >= 11 is 3.88. The summed E-state index contributed by atoms with van der Waals surface area (Å²) in [5.74, 6) is -0.925. The van der Waals surface area contributed by atoms with Crippen LogP contribution in [0.15, 0.2) is 22.4 Å². The molecule has 3 amide bonds. The van der Waals surface area contributed by atoms with Crippen molar-refractivity contribution < 1.29 is 19.6 Å². The van der Waals surface area contributed by atoms with Crippen LogP contribution in [0.3, 0.4) is 0 Å². The Labute approximate surface area is 155 Å². The van der Waals surface area contributed by atoms with Gasteiger partial charge in [0.25, 0.3) is 11.8 Å². The molecule has 10 heteroatoms. The Morgan fingerprint density at radius 2 is 2.20 bits per heavy atom. The van der Waals surface area contributed by atoms with Gasteiger partial charge in [-0.25, -0.2) is 5.48 Å². The highest BCUT2D eigenvalue weighted by Crippen LogP contribution is 2.32. The van der Waals surface area contributed by atoms with E-state index in [1.54, 1.807) is 16.4 Å². The van der Waals surface area contributed by atoms with Crippen molar-refractivity contribution in [2.75, 3.05) is 12.3 Å². The van der Waals surface area contributed by atoms with E-state index in [1.165, 1.54) is 34.4 Å². The zero-order valence-corrected chi connectivity index (χ0v) is 15.4. The molecule has 0 aromatic carbocycles. The number of thioether (sulfide) groups is 1. The zero-order valence-electron chi connectivity index (χ0n) is 13.0. The molecule has 0 spiro atoms. The number of nitrogens with two attached hydrogens (primary N) is 1. The van der Waals surface area contributed by atoms with Crippen LogP contribution < -0.4 is 11.2 Å². The number of hydrogen-bond donors (Lipinski definition) is 3. The van der Waals surface area contributed by atoms with Gasteiger partial charge < -0.3 is 10.6 Å². The van der Waals surface area contributed by atoms with E-state index in [0.29, 0.717) is 29.3 Å². The summed E-state index contributed by atoms with van der Waals surface area (Å²) in [6, 6.07) is 3.57. The van der Waals surface area contributed by atoms with Gasteiger partial charge in [-0.2, -0.15) is 0 Å². The molecule has 0 fully saturated rings. The third-order valence-electron chi connectivity index (χ3n) is 3.69. The first-order valence-corrected chi connectivity index (χ1v) is 10.0. The molecule has 0 aliphatic carbocycles. The molecule has 1 aliphatic rings. The van der Waals surface area contributed by atoms with Gasteiger partial charge >= 0.3 is 0 Å². The van der Waals surface area contributed by atoms with E-state index in [0.717, 1.165) is 15.3 Å². The smallest absolute Gasteiger partial charge is 0.284 e. The number of primary amides is 1. The molecule has 0 unspecified atom stereocenters. The fourth-order valence-electron chi connectivity index (χ4n) is 2.52. The fourth-order valence-corrected chi connectivity index (χ4v) is 5.48. The molecule has 0 bridgehead atoms. The van der Waals surface area contributed by atoms with Gasteiger partial charge in [-0.15, -0.1) is 34.4 Å². The van der Waals surface area contributed by atoms with E-state index in [-0.39, 0.29) is 11.7 Å². The van der Waals surface area contributed by atoms with Crippen molar-refractivity contribution in [1.29, 1.82) is 0 Å². The van der Waals surface area contributed by atoms with Crippen molar-refractivity contribution >= 4 is 52.2 Å². The second-order valence-electron chi connectivity index (χ2n) is 5.35. The maximum Gasteiger partial charge on any atom is 0.284 e. The molecule has 2 aromatic rings. The number of hydroxylamine groups is 1. The minimum Gasteiger partial charge on any atom is -0.369 e. The number of thiophene rings is 2. The molecule has 132 valence electrons. The second kappa shape index (κ2) is 7.56. The number of carbonyl (C=O) groups excluding carboxylic acids is 3. The van der Waals surface area contributed by atoms with Gasteiger partial charge in [-0.05, 0) is 29.5 Å². The van der Waals surface area contributed by atoms with Crippen molar-refractivity contribution in [2.24, 2.45) is 5.73 Å². The van der Waals surface area contributed by atoms with Crippen molar-refractivity contribution in [2.45, 2.75) is 17.9 Å². The molecule has 0 saturated heterocycles. The number of carbonyl (C=O) groups is 3. The molecule has 0 atom stereocenters. The third kappa shape index (κ3) is 3.87. The molecule has 3 heterocycles. The van der Waals surface area contributed by atoms with Crippen LogP contribution >= 0.6 is 34.4 Å². The Bertz CT molecular complexity index is 830. The van der Waals surface area contributed by atoms with Crippen LogP contribution in [-0.4, -0.2) is 40.1 Å². The van der Waals surface area contributed by atoms with E-state index < -0.39 is 11.8 Å². The normalized spacial score (nSPS) is 13.4. The number of rotatable bonds is 5. The van der Waals surface area contributed by atoms with Gasteiger partial charge in [0.1, 0.15) is 4.88 Å². The second-order valence-corrected chi connectivity index (χ2v) is 8.42. The average Bonchev–Trinajstić information content (AvgIpc) is 3.24. The number of amides is 3. The molecular weight excluding hydrogens is 382 g/mol. The van der Waals surface area contributed by atoms with Crippen molar-refractivity contribution in [3.05, 3.63) is 37.7 Å². The molecule has 1 aliphatic heterocycles. The summed E-state index contributed by atoms with van der Waals surface area (Å²) in [6.45, 7) is 0.982. The van der Waals surface area contributed by atoms with E-state index in [2.05, 4.69) is 0 Å². The molecule has 7 nitrogen and oxygen atoms in total. The SMILES string of the molecule is NC(=O)CSc1ccsc1C(=O)N1CCc2cc(C(=O)NO)sc2C1.